The Labute approximate surface area is 221 Å². The first-order valence-electron chi connectivity index (χ1n) is 13.6. The molecule has 0 spiro atoms. The van der Waals surface area contributed by atoms with Crippen LogP contribution in [0.4, 0.5) is 0 Å². The van der Waals surface area contributed by atoms with Crippen LogP contribution in [0.2, 0.25) is 0 Å². The van der Waals surface area contributed by atoms with Gasteiger partial charge in [-0.15, -0.1) is 0 Å². The zero-order chi connectivity index (χ0) is 26.6. The molecule has 0 aromatic rings. The molecule has 0 saturated carbocycles. The smallest absolute Gasteiger partial charge is 0.308 e. The Morgan fingerprint density at radius 1 is 0.889 bits per heavy atom. The van der Waals surface area contributed by atoms with Gasteiger partial charge in [0.25, 0.3) is 0 Å². The Kier molecular flexibility index (Phi) is 17.6. The number of hydrogen-bond acceptors (Lipinski definition) is 7. The van der Waals surface area contributed by atoms with Crippen LogP contribution in [0.5, 0.6) is 0 Å². The molecule has 10 heteroatoms. The molecule has 1 aliphatic rings. The van der Waals surface area contributed by atoms with E-state index in [-0.39, 0.29) is 30.3 Å². The van der Waals surface area contributed by atoms with Crippen LogP contribution in [0.15, 0.2) is 0 Å². The van der Waals surface area contributed by atoms with Gasteiger partial charge in [-0.05, 0) is 25.1 Å². The average molecular weight is 528 g/mol. The first kappa shape index (κ1) is 31.8. The number of carbonyl (C=O) groups is 4. The minimum absolute atomic E-state index is 0.0519. The van der Waals surface area contributed by atoms with Gasteiger partial charge >= 0.3 is 11.9 Å². The fraction of sp³-hybridized carbons (Fsp3) is 0.808. The molecular weight excluding hydrogens is 482 g/mol. The Morgan fingerprint density at radius 3 is 2.14 bits per heavy atom. The van der Waals surface area contributed by atoms with Crippen LogP contribution in [-0.4, -0.2) is 66.1 Å². The van der Waals surface area contributed by atoms with E-state index in [1.54, 1.807) is 0 Å². The highest BCUT2D eigenvalue weighted by Crippen LogP contribution is 2.13. The second kappa shape index (κ2) is 19.9. The first-order chi connectivity index (χ1) is 17.4. The van der Waals surface area contributed by atoms with Gasteiger partial charge in [0.2, 0.25) is 11.8 Å². The predicted molar refractivity (Wildman–Crippen MR) is 142 cm³/mol. The van der Waals surface area contributed by atoms with E-state index < -0.39 is 23.9 Å². The van der Waals surface area contributed by atoms with Crippen molar-refractivity contribution in [2.24, 2.45) is 0 Å². The third-order valence-corrected chi connectivity index (χ3v) is 6.32. The number of piperazine rings is 1. The summed E-state index contributed by atoms with van der Waals surface area (Å²) in [5.74, 6) is -1.69. The van der Waals surface area contributed by atoms with E-state index in [9.17, 15) is 19.2 Å². The number of unbranched alkanes of at least 4 members (excludes halogenated alkanes) is 9. The molecule has 1 rings (SSSR count). The Balaban J connectivity index is 2.31. The Morgan fingerprint density at radius 2 is 1.50 bits per heavy atom. The number of carbonyl (C=O) groups excluding carboxylic acids is 4. The van der Waals surface area contributed by atoms with Crippen LogP contribution >= 0.6 is 12.2 Å². The molecule has 1 unspecified atom stereocenters. The number of hydrogen-bond donors (Lipinski definition) is 2. The van der Waals surface area contributed by atoms with Crippen molar-refractivity contribution in [2.75, 3.05) is 26.3 Å². The highest BCUT2D eigenvalue weighted by molar-refractivity contribution is 7.80. The van der Waals surface area contributed by atoms with E-state index in [2.05, 4.69) is 17.6 Å². The molecule has 0 bridgehead atoms. The summed E-state index contributed by atoms with van der Waals surface area (Å²) < 4.78 is 10.3. The maximum Gasteiger partial charge on any atom is 0.308 e. The van der Waals surface area contributed by atoms with Gasteiger partial charge in [-0.25, -0.2) is 0 Å². The van der Waals surface area contributed by atoms with Crippen LogP contribution in [0, 0.1) is 0 Å². The molecule has 2 N–H and O–H groups in total. The van der Waals surface area contributed by atoms with E-state index in [4.69, 9.17) is 21.7 Å². The SMILES string of the molecule is CCCCCCCCCCCCOC(=O)CC1C(=O)NCCN1C(=S)NC(=O)CCC(=O)OCCC. The lowest BCUT2D eigenvalue weighted by atomic mass is 10.1. The minimum Gasteiger partial charge on any atom is -0.466 e. The van der Waals surface area contributed by atoms with E-state index in [1.165, 1.54) is 49.8 Å². The number of amides is 2. The molecule has 206 valence electrons. The number of nitrogens with zero attached hydrogens (tertiary/aromatic N) is 1. The zero-order valence-corrected chi connectivity index (χ0v) is 22.9. The Bertz CT molecular complexity index is 703. The molecule has 0 radical (unpaired) electrons. The van der Waals surface area contributed by atoms with Gasteiger partial charge in [-0.1, -0.05) is 71.6 Å². The zero-order valence-electron chi connectivity index (χ0n) is 22.1. The third-order valence-electron chi connectivity index (χ3n) is 5.98. The van der Waals surface area contributed by atoms with Crippen LogP contribution < -0.4 is 10.6 Å². The molecule has 2 amide bonds. The quantitative estimate of drug-likeness (QED) is 0.157. The largest absolute Gasteiger partial charge is 0.466 e. The summed E-state index contributed by atoms with van der Waals surface area (Å²) in [7, 11) is 0. The topological polar surface area (TPSA) is 114 Å². The van der Waals surface area contributed by atoms with Crippen molar-refractivity contribution in [3.05, 3.63) is 0 Å². The number of thiocarbonyl (C=S) groups is 1. The van der Waals surface area contributed by atoms with Crippen LogP contribution in [0.3, 0.4) is 0 Å². The van der Waals surface area contributed by atoms with Gasteiger partial charge < -0.3 is 25.0 Å². The molecule has 9 nitrogen and oxygen atoms in total. The summed E-state index contributed by atoms with van der Waals surface area (Å²) in [5, 5.41) is 5.34. The second-order valence-corrected chi connectivity index (χ2v) is 9.57. The number of rotatable bonds is 18. The van der Waals surface area contributed by atoms with Crippen molar-refractivity contribution < 1.29 is 28.7 Å². The molecule has 0 aliphatic carbocycles. The lowest BCUT2D eigenvalue weighted by Crippen LogP contribution is -2.60. The average Bonchev–Trinajstić information content (AvgIpc) is 2.85. The summed E-state index contributed by atoms with van der Waals surface area (Å²) in [6.45, 7) is 5.47. The van der Waals surface area contributed by atoms with E-state index >= 15 is 0 Å². The van der Waals surface area contributed by atoms with Crippen molar-refractivity contribution in [1.82, 2.24) is 15.5 Å². The van der Waals surface area contributed by atoms with Gasteiger partial charge in [0.15, 0.2) is 5.11 Å². The first-order valence-corrected chi connectivity index (χ1v) is 14.0. The van der Waals surface area contributed by atoms with Crippen molar-refractivity contribution in [2.45, 2.75) is 110 Å². The molecule has 1 fully saturated rings. The summed E-state index contributed by atoms with van der Waals surface area (Å²) >= 11 is 5.31. The normalized spacial score (nSPS) is 15.2. The summed E-state index contributed by atoms with van der Waals surface area (Å²) in [6, 6.07) is -0.846. The van der Waals surface area contributed by atoms with Gasteiger partial charge in [-0.2, -0.15) is 0 Å². The van der Waals surface area contributed by atoms with Gasteiger partial charge in [0.1, 0.15) is 6.04 Å². The van der Waals surface area contributed by atoms with Crippen molar-refractivity contribution in [3.63, 3.8) is 0 Å². The highest BCUT2D eigenvalue weighted by atomic mass is 32.1. The molecular formula is C26H45N3O6S. The monoisotopic (exact) mass is 527 g/mol. The van der Waals surface area contributed by atoms with Crippen LogP contribution in [0.1, 0.15) is 104 Å². The van der Waals surface area contributed by atoms with Gasteiger partial charge in [-0.3, -0.25) is 19.2 Å². The molecule has 36 heavy (non-hydrogen) atoms. The fourth-order valence-electron chi connectivity index (χ4n) is 3.91. The predicted octanol–water partition coefficient (Wildman–Crippen LogP) is 3.78. The molecule has 1 heterocycles. The van der Waals surface area contributed by atoms with Gasteiger partial charge in [0, 0.05) is 19.5 Å². The van der Waals surface area contributed by atoms with Gasteiger partial charge in [0.05, 0.1) is 26.1 Å². The van der Waals surface area contributed by atoms with Crippen molar-refractivity contribution in [1.29, 1.82) is 0 Å². The lowest BCUT2D eigenvalue weighted by molar-refractivity contribution is -0.147. The second-order valence-electron chi connectivity index (χ2n) is 9.18. The van der Waals surface area contributed by atoms with E-state index in [0.29, 0.717) is 32.7 Å². The summed E-state index contributed by atoms with van der Waals surface area (Å²) in [6.07, 6.45) is 12.4. The minimum atomic E-state index is -0.846. The number of esters is 2. The Hall–Kier alpha value is -2.23. The standard InChI is InChI=1S/C26H45N3O6S/c1-3-5-6-7-8-9-10-11-12-13-19-35-24(32)20-21-25(33)27-16-17-29(21)26(36)28-22(30)14-15-23(31)34-18-4-2/h21H,3-20H2,1-2H3,(H,27,33)(H,28,30,36). The maximum absolute atomic E-state index is 12.4. The lowest BCUT2D eigenvalue weighted by Gasteiger charge is -2.36. The van der Waals surface area contributed by atoms with Crippen molar-refractivity contribution >= 4 is 41.1 Å². The van der Waals surface area contributed by atoms with E-state index in [1.807, 2.05) is 6.92 Å². The van der Waals surface area contributed by atoms with Crippen LogP contribution in [-0.2, 0) is 28.7 Å². The van der Waals surface area contributed by atoms with Crippen molar-refractivity contribution in [3.8, 4) is 0 Å². The highest BCUT2D eigenvalue weighted by Gasteiger charge is 2.34. The van der Waals surface area contributed by atoms with Crippen LogP contribution in [0.25, 0.3) is 0 Å². The maximum atomic E-state index is 12.4. The number of ether oxygens (including phenoxy) is 2. The molecule has 1 aliphatic heterocycles. The van der Waals surface area contributed by atoms with E-state index in [0.717, 1.165) is 19.3 Å². The number of nitrogens with one attached hydrogen (secondary N) is 2. The summed E-state index contributed by atoms with van der Waals surface area (Å²) in [4.78, 5) is 50.1. The molecule has 1 saturated heterocycles. The molecule has 0 aromatic heterocycles. The fourth-order valence-corrected chi connectivity index (χ4v) is 4.24. The summed E-state index contributed by atoms with van der Waals surface area (Å²) in [5.41, 5.74) is 0. The molecule has 1 atom stereocenters. The third kappa shape index (κ3) is 14.4. The molecule has 0 aromatic carbocycles.